The second-order valence-corrected chi connectivity index (χ2v) is 5.92. The highest BCUT2D eigenvalue weighted by Crippen LogP contribution is 2.28. The molecular weight excluding hydrogens is 266 g/mol. The number of rotatable bonds is 4. The van der Waals surface area contributed by atoms with Gasteiger partial charge in [-0.3, -0.25) is 4.79 Å². The van der Waals surface area contributed by atoms with Crippen LogP contribution in [-0.4, -0.2) is 33.1 Å². The summed E-state index contributed by atoms with van der Waals surface area (Å²) in [6.07, 6.45) is 9.56. The molecule has 0 radical (unpaired) electrons. The monoisotopic (exact) mass is 293 g/mol. The van der Waals surface area contributed by atoms with Crippen molar-refractivity contribution in [2.24, 2.45) is 11.8 Å². The van der Waals surface area contributed by atoms with E-state index in [1.54, 1.807) is 14.2 Å². The third-order valence-electron chi connectivity index (χ3n) is 4.55. The Morgan fingerprint density at radius 1 is 1.10 bits per heavy atom. The van der Waals surface area contributed by atoms with E-state index in [4.69, 9.17) is 9.47 Å². The van der Waals surface area contributed by atoms with Crippen LogP contribution in [0.3, 0.4) is 0 Å². The molecule has 118 valence electrons. The van der Waals surface area contributed by atoms with Gasteiger partial charge in [-0.25, -0.2) is 0 Å². The van der Waals surface area contributed by atoms with Gasteiger partial charge < -0.3 is 14.8 Å². The zero-order valence-corrected chi connectivity index (χ0v) is 13.2. The summed E-state index contributed by atoms with van der Waals surface area (Å²) in [6, 6.07) is 0. The fourth-order valence-electron chi connectivity index (χ4n) is 3.27. The fourth-order valence-corrected chi connectivity index (χ4v) is 3.27. The maximum absolute atomic E-state index is 12.5. The molecule has 1 saturated heterocycles. The minimum Gasteiger partial charge on any atom is -0.493 e. The topological polar surface area (TPSA) is 47.6 Å². The molecule has 0 spiro atoms. The molecule has 4 heteroatoms. The van der Waals surface area contributed by atoms with E-state index in [9.17, 15) is 4.79 Å². The Bertz CT molecular complexity index is 408. The Morgan fingerprint density at radius 2 is 1.76 bits per heavy atom. The molecule has 0 bridgehead atoms. The van der Waals surface area contributed by atoms with E-state index in [2.05, 4.69) is 5.32 Å². The Morgan fingerprint density at radius 3 is 2.43 bits per heavy atom. The Kier molecular flexibility index (Phi) is 6.30. The predicted octanol–water partition coefficient (Wildman–Crippen LogP) is 2.81. The predicted molar refractivity (Wildman–Crippen MR) is 82.7 cm³/mol. The van der Waals surface area contributed by atoms with E-state index in [1.807, 2.05) is 12.2 Å². The molecule has 2 rings (SSSR count). The van der Waals surface area contributed by atoms with Crippen LogP contribution in [0.2, 0.25) is 0 Å². The van der Waals surface area contributed by atoms with Crippen molar-refractivity contribution in [2.45, 2.75) is 38.5 Å². The molecule has 0 amide bonds. The third kappa shape index (κ3) is 4.60. The molecule has 21 heavy (non-hydrogen) atoms. The minimum absolute atomic E-state index is 0.176. The van der Waals surface area contributed by atoms with Crippen molar-refractivity contribution in [1.82, 2.24) is 5.32 Å². The number of hydrogen-bond donors (Lipinski definition) is 1. The van der Waals surface area contributed by atoms with Crippen LogP contribution < -0.4 is 5.32 Å². The van der Waals surface area contributed by atoms with Crippen molar-refractivity contribution in [3.63, 3.8) is 0 Å². The van der Waals surface area contributed by atoms with Crippen LogP contribution in [0.25, 0.3) is 0 Å². The first-order chi connectivity index (χ1) is 10.2. The number of allylic oxidation sites excluding steroid dienone is 2. The van der Waals surface area contributed by atoms with Gasteiger partial charge in [-0.05, 0) is 63.3 Å². The molecule has 1 unspecified atom stereocenters. The molecular formula is C17H27NO3. The molecule has 0 aromatic rings. The van der Waals surface area contributed by atoms with E-state index >= 15 is 0 Å². The lowest BCUT2D eigenvalue weighted by atomic mass is 9.83. The average molecular weight is 293 g/mol. The van der Waals surface area contributed by atoms with Crippen LogP contribution in [0.5, 0.6) is 0 Å². The first kappa shape index (κ1) is 16.1. The number of nitrogens with one attached hydrogen (secondary N) is 1. The van der Waals surface area contributed by atoms with E-state index in [1.165, 1.54) is 12.8 Å². The van der Waals surface area contributed by atoms with Gasteiger partial charge in [0.2, 0.25) is 0 Å². The summed E-state index contributed by atoms with van der Waals surface area (Å²) in [5, 5.41) is 3.39. The maximum atomic E-state index is 12.5. The maximum Gasteiger partial charge on any atom is 0.156 e. The highest BCUT2D eigenvalue weighted by Gasteiger charge is 2.24. The number of carbonyl (C=O) groups is 1. The third-order valence-corrected chi connectivity index (χ3v) is 4.55. The second kappa shape index (κ2) is 8.23. The molecule has 4 nitrogen and oxygen atoms in total. The van der Waals surface area contributed by atoms with Gasteiger partial charge in [0.05, 0.1) is 14.2 Å². The van der Waals surface area contributed by atoms with Crippen LogP contribution in [0, 0.1) is 11.8 Å². The minimum atomic E-state index is 0.176. The van der Waals surface area contributed by atoms with Gasteiger partial charge in [-0.1, -0.05) is 0 Å². The normalized spacial score (nSPS) is 25.2. The fraction of sp³-hybridized carbons (Fsp3) is 0.706. The highest BCUT2D eigenvalue weighted by atomic mass is 16.5. The first-order valence-electron chi connectivity index (χ1n) is 7.96. The lowest BCUT2D eigenvalue weighted by Gasteiger charge is -2.26. The number of Topliss-reactive ketones (excluding diaryl/α,β-unsaturated/α-hetero) is 1. The van der Waals surface area contributed by atoms with Gasteiger partial charge in [0.15, 0.2) is 11.5 Å². The largest absolute Gasteiger partial charge is 0.493 e. The van der Waals surface area contributed by atoms with Crippen molar-refractivity contribution < 1.29 is 14.3 Å². The van der Waals surface area contributed by atoms with Crippen LogP contribution in [0.4, 0.5) is 0 Å². The van der Waals surface area contributed by atoms with E-state index < -0.39 is 0 Å². The van der Waals surface area contributed by atoms with Crippen LogP contribution in [0.15, 0.2) is 23.7 Å². The summed E-state index contributed by atoms with van der Waals surface area (Å²) in [5.41, 5.74) is 0. The van der Waals surface area contributed by atoms with E-state index in [0.29, 0.717) is 23.9 Å². The number of hydrogen-bond acceptors (Lipinski definition) is 4. The van der Waals surface area contributed by atoms with Crippen molar-refractivity contribution in [3.05, 3.63) is 23.7 Å². The molecule has 0 aromatic heterocycles. The van der Waals surface area contributed by atoms with Gasteiger partial charge >= 0.3 is 0 Å². The molecule has 0 aromatic carbocycles. The SMILES string of the molecule is COC1=CCCC(CC2CCNCC2)C(=O)CC=C1OC. The molecule has 1 aliphatic heterocycles. The summed E-state index contributed by atoms with van der Waals surface area (Å²) in [5.74, 6) is 2.63. The zero-order valence-electron chi connectivity index (χ0n) is 13.2. The van der Waals surface area contributed by atoms with Gasteiger partial charge in [0, 0.05) is 12.3 Å². The van der Waals surface area contributed by atoms with Crippen molar-refractivity contribution in [2.75, 3.05) is 27.3 Å². The molecule has 1 heterocycles. The van der Waals surface area contributed by atoms with Gasteiger partial charge in [-0.15, -0.1) is 0 Å². The number of methoxy groups -OCH3 is 2. The van der Waals surface area contributed by atoms with Crippen molar-refractivity contribution in [1.29, 1.82) is 0 Å². The molecule has 2 aliphatic rings. The smallest absolute Gasteiger partial charge is 0.156 e. The summed E-state index contributed by atoms with van der Waals surface area (Å²) in [6.45, 7) is 2.18. The molecule has 1 atom stereocenters. The summed E-state index contributed by atoms with van der Waals surface area (Å²) in [4.78, 5) is 12.5. The molecule has 0 saturated carbocycles. The number of piperidine rings is 1. The zero-order chi connectivity index (χ0) is 15.1. The van der Waals surface area contributed by atoms with Crippen molar-refractivity contribution >= 4 is 5.78 Å². The summed E-state index contributed by atoms with van der Waals surface area (Å²) >= 11 is 0. The molecule has 1 N–H and O–H groups in total. The summed E-state index contributed by atoms with van der Waals surface area (Å²) < 4.78 is 10.7. The van der Waals surface area contributed by atoms with E-state index in [-0.39, 0.29) is 5.92 Å². The highest BCUT2D eigenvalue weighted by molar-refractivity contribution is 5.82. The van der Waals surface area contributed by atoms with Crippen molar-refractivity contribution in [3.8, 4) is 0 Å². The van der Waals surface area contributed by atoms with Crippen LogP contribution in [0.1, 0.15) is 38.5 Å². The molecule has 1 aliphatic carbocycles. The average Bonchev–Trinajstić information content (AvgIpc) is 2.59. The number of carbonyl (C=O) groups excluding carboxylic acids is 1. The van der Waals surface area contributed by atoms with Gasteiger partial charge in [-0.2, -0.15) is 0 Å². The van der Waals surface area contributed by atoms with E-state index in [0.717, 1.165) is 38.1 Å². The van der Waals surface area contributed by atoms with Crippen LogP contribution in [-0.2, 0) is 14.3 Å². The lowest BCUT2D eigenvalue weighted by molar-refractivity contribution is -0.122. The number of ether oxygens (including phenoxy) is 2. The van der Waals surface area contributed by atoms with Gasteiger partial charge in [0.25, 0.3) is 0 Å². The standard InChI is InChI=1S/C17H27NO3/c1-20-16-5-3-4-14(12-13-8-10-18-11-9-13)15(19)6-7-17(16)21-2/h5,7,13-14,18H,3-4,6,8-12H2,1-2H3. The molecule has 1 fully saturated rings. The Balaban J connectivity index is 2.02. The second-order valence-electron chi connectivity index (χ2n) is 5.92. The number of ketones is 1. The van der Waals surface area contributed by atoms with Gasteiger partial charge in [0.1, 0.15) is 5.78 Å². The Hall–Kier alpha value is -1.29. The Labute approximate surface area is 127 Å². The lowest BCUT2D eigenvalue weighted by Crippen LogP contribution is -2.30. The summed E-state index contributed by atoms with van der Waals surface area (Å²) in [7, 11) is 3.26. The first-order valence-corrected chi connectivity index (χ1v) is 7.96. The van der Waals surface area contributed by atoms with Crippen LogP contribution >= 0.6 is 0 Å². The quantitative estimate of drug-likeness (QED) is 0.866.